The number of carboxylic acids is 1. The van der Waals surface area contributed by atoms with E-state index in [9.17, 15) is 22.4 Å². The molecule has 0 saturated carbocycles. The average Bonchev–Trinajstić information content (AvgIpc) is 2.37. The molecule has 20 heavy (non-hydrogen) atoms. The van der Waals surface area contributed by atoms with E-state index < -0.39 is 29.1 Å². The van der Waals surface area contributed by atoms with Crippen molar-refractivity contribution in [3.63, 3.8) is 0 Å². The number of alkyl halides is 3. The molecule has 0 aliphatic heterocycles. The normalized spacial score (nSPS) is 11.4. The standard InChI is InChI=1S/C13H7F4NO2/c14-9-3-8(5-18-6-9)7-1-2-10(12(19)20)11(4-7)13(15,16)17/h1-6H,(H,19,20). The second kappa shape index (κ2) is 4.92. The number of aromatic carboxylic acids is 1. The fourth-order valence-electron chi connectivity index (χ4n) is 1.71. The lowest BCUT2D eigenvalue weighted by Crippen LogP contribution is -2.13. The van der Waals surface area contributed by atoms with Crippen molar-refractivity contribution in [1.82, 2.24) is 4.98 Å². The molecular formula is C13H7F4NO2. The van der Waals surface area contributed by atoms with Gasteiger partial charge in [-0.3, -0.25) is 4.98 Å². The molecule has 0 aliphatic carbocycles. The predicted molar refractivity (Wildman–Crippen MR) is 61.6 cm³/mol. The number of nitrogens with zero attached hydrogens (tertiary/aromatic N) is 1. The summed E-state index contributed by atoms with van der Waals surface area (Å²) < 4.78 is 51.5. The number of pyridine rings is 1. The minimum absolute atomic E-state index is 0.0364. The third-order valence-corrected chi connectivity index (χ3v) is 2.59. The first-order chi connectivity index (χ1) is 9.29. The van der Waals surface area contributed by atoms with Crippen molar-refractivity contribution in [1.29, 1.82) is 0 Å². The zero-order valence-corrected chi connectivity index (χ0v) is 9.78. The van der Waals surface area contributed by atoms with Gasteiger partial charge >= 0.3 is 12.1 Å². The van der Waals surface area contributed by atoms with E-state index in [1.165, 1.54) is 12.3 Å². The smallest absolute Gasteiger partial charge is 0.417 e. The highest BCUT2D eigenvalue weighted by molar-refractivity contribution is 5.90. The monoisotopic (exact) mass is 285 g/mol. The van der Waals surface area contributed by atoms with Crippen LogP contribution in [0, 0.1) is 5.82 Å². The number of carbonyl (C=O) groups is 1. The van der Waals surface area contributed by atoms with Gasteiger partial charge in [0.15, 0.2) is 0 Å². The van der Waals surface area contributed by atoms with E-state index in [1.807, 2.05) is 0 Å². The molecule has 0 fully saturated rings. The Hall–Kier alpha value is -2.44. The van der Waals surface area contributed by atoms with E-state index in [0.717, 1.165) is 18.3 Å². The Kier molecular flexibility index (Phi) is 3.44. The van der Waals surface area contributed by atoms with Crippen molar-refractivity contribution in [3.8, 4) is 11.1 Å². The molecule has 0 radical (unpaired) electrons. The van der Waals surface area contributed by atoms with Crippen LogP contribution in [0.15, 0.2) is 36.7 Å². The number of benzene rings is 1. The van der Waals surface area contributed by atoms with Crippen molar-refractivity contribution in [3.05, 3.63) is 53.6 Å². The Morgan fingerprint density at radius 2 is 1.80 bits per heavy atom. The second-order valence-corrected chi connectivity index (χ2v) is 3.96. The Morgan fingerprint density at radius 1 is 1.10 bits per heavy atom. The summed E-state index contributed by atoms with van der Waals surface area (Å²) in [4.78, 5) is 14.3. The molecule has 3 nitrogen and oxygen atoms in total. The van der Waals surface area contributed by atoms with Crippen LogP contribution in [-0.4, -0.2) is 16.1 Å². The summed E-state index contributed by atoms with van der Waals surface area (Å²) in [5.74, 6) is -2.38. The van der Waals surface area contributed by atoms with Gasteiger partial charge in [0.05, 0.1) is 17.3 Å². The lowest BCUT2D eigenvalue weighted by Gasteiger charge is -2.12. The SMILES string of the molecule is O=C(O)c1ccc(-c2cncc(F)c2)cc1C(F)(F)F. The Labute approximate surface area is 110 Å². The molecule has 0 amide bonds. The summed E-state index contributed by atoms with van der Waals surface area (Å²) in [7, 11) is 0. The van der Waals surface area contributed by atoms with E-state index in [2.05, 4.69) is 4.98 Å². The summed E-state index contributed by atoms with van der Waals surface area (Å²) in [5.41, 5.74) is -1.97. The van der Waals surface area contributed by atoms with E-state index in [1.54, 1.807) is 0 Å². The lowest BCUT2D eigenvalue weighted by atomic mass is 9.99. The molecule has 0 bridgehead atoms. The molecule has 0 aliphatic rings. The van der Waals surface area contributed by atoms with Crippen molar-refractivity contribution in [2.24, 2.45) is 0 Å². The Bertz CT molecular complexity index is 668. The van der Waals surface area contributed by atoms with Crippen LogP contribution in [0.3, 0.4) is 0 Å². The summed E-state index contributed by atoms with van der Waals surface area (Å²) in [6.45, 7) is 0. The average molecular weight is 285 g/mol. The molecule has 1 aromatic carbocycles. The van der Waals surface area contributed by atoms with Crippen LogP contribution in [0.1, 0.15) is 15.9 Å². The molecule has 2 aromatic rings. The number of carboxylic acid groups (broad SMARTS) is 1. The number of hydrogen-bond acceptors (Lipinski definition) is 2. The first kappa shape index (κ1) is 14.0. The number of hydrogen-bond donors (Lipinski definition) is 1. The van der Waals surface area contributed by atoms with Gasteiger partial charge in [-0.1, -0.05) is 6.07 Å². The molecule has 7 heteroatoms. The van der Waals surface area contributed by atoms with E-state index in [4.69, 9.17) is 5.11 Å². The van der Waals surface area contributed by atoms with Crippen molar-refractivity contribution in [2.45, 2.75) is 6.18 Å². The zero-order chi connectivity index (χ0) is 14.9. The summed E-state index contributed by atoms with van der Waals surface area (Å²) in [5, 5.41) is 8.76. The van der Waals surface area contributed by atoms with Gasteiger partial charge in [0, 0.05) is 11.8 Å². The molecule has 104 valence electrons. The number of halogens is 4. The van der Waals surface area contributed by atoms with Gasteiger partial charge in [-0.15, -0.1) is 0 Å². The number of aromatic nitrogens is 1. The fourth-order valence-corrected chi connectivity index (χ4v) is 1.71. The van der Waals surface area contributed by atoms with Gasteiger partial charge in [0.1, 0.15) is 5.82 Å². The van der Waals surface area contributed by atoms with Crippen molar-refractivity contribution < 1.29 is 27.5 Å². The minimum atomic E-state index is -4.81. The van der Waals surface area contributed by atoms with Crippen molar-refractivity contribution >= 4 is 5.97 Å². The highest BCUT2D eigenvalue weighted by atomic mass is 19.4. The fraction of sp³-hybridized carbons (Fsp3) is 0.0769. The molecule has 0 saturated heterocycles. The largest absolute Gasteiger partial charge is 0.478 e. The van der Waals surface area contributed by atoms with E-state index in [-0.39, 0.29) is 11.1 Å². The Morgan fingerprint density at radius 3 is 2.35 bits per heavy atom. The van der Waals surface area contributed by atoms with Gasteiger partial charge in [0.2, 0.25) is 0 Å². The van der Waals surface area contributed by atoms with Crippen LogP contribution < -0.4 is 0 Å². The third-order valence-electron chi connectivity index (χ3n) is 2.59. The molecule has 1 heterocycles. The van der Waals surface area contributed by atoms with Gasteiger partial charge in [-0.25, -0.2) is 9.18 Å². The topological polar surface area (TPSA) is 50.2 Å². The predicted octanol–water partition coefficient (Wildman–Crippen LogP) is 3.60. The van der Waals surface area contributed by atoms with Crippen LogP contribution in [0.5, 0.6) is 0 Å². The Balaban J connectivity index is 2.61. The van der Waals surface area contributed by atoms with Gasteiger partial charge in [-0.05, 0) is 23.8 Å². The maximum atomic E-state index is 13.0. The van der Waals surface area contributed by atoms with Crippen LogP contribution >= 0.6 is 0 Å². The second-order valence-electron chi connectivity index (χ2n) is 3.96. The highest BCUT2D eigenvalue weighted by Gasteiger charge is 2.35. The molecule has 2 rings (SSSR count). The lowest BCUT2D eigenvalue weighted by molar-refractivity contribution is -0.138. The minimum Gasteiger partial charge on any atom is -0.478 e. The van der Waals surface area contributed by atoms with Crippen LogP contribution in [0.2, 0.25) is 0 Å². The number of rotatable bonds is 2. The molecule has 1 N–H and O–H groups in total. The zero-order valence-electron chi connectivity index (χ0n) is 9.78. The summed E-state index contributed by atoms with van der Waals surface area (Å²) in [6.07, 6.45) is -2.71. The quantitative estimate of drug-likeness (QED) is 0.858. The maximum Gasteiger partial charge on any atom is 0.417 e. The first-order valence-electron chi connectivity index (χ1n) is 5.34. The molecule has 0 spiro atoms. The van der Waals surface area contributed by atoms with Crippen LogP contribution in [0.4, 0.5) is 17.6 Å². The maximum absolute atomic E-state index is 13.0. The molecule has 1 aromatic heterocycles. The third kappa shape index (κ3) is 2.76. The van der Waals surface area contributed by atoms with E-state index >= 15 is 0 Å². The van der Waals surface area contributed by atoms with Gasteiger partial charge < -0.3 is 5.11 Å². The van der Waals surface area contributed by atoms with Crippen molar-refractivity contribution in [2.75, 3.05) is 0 Å². The molecule has 0 atom stereocenters. The molecule has 0 unspecified atom stereocenters. The highest BCUT2D eigenvalue weighted by Crippen LogP contribution is 2.35. The van der Waals surface area contributed by atoms with Gasteiger partial charge in [-0.2, -0.15) is 13.2 Å². The van der Waals surface area contributed by atoms with Crippen LogP contribution in [-0.2, 0) is 6.18 Å². The summed E-state index contributed by atoms with van der Waals surface area (Å²) >= 11 is 0. The van der Waals surface area contributed by atoms with Crippen LogP contribution in [0.25, 0.3) is 11.1 Å². The van der Waals surface area contributed by atoms with Gasteiger partial charge in [0.25, 0.3) is 0 Å². The molecular weight excluding hydrogens is 278 g/mol. The summed E-state index contributed by atoms with van der Waals surface area (Å²) in [6, 6.07) is 3.70. The first-order valence-corrected chi connectivity index (χ1v) is 5.34. The van der Waals surface area contributed by atoms with E-state index in [0.29, 0.717) is 6.07 Å².